The van der Waals surface area contributed by atoms with E-state index in [2.05, 4.69) is 10.4 Å². The lowest BCUT2D eigenvalue weighted by Crippen LogP contribution is -2.16. The minimum atomic E-state index is -0.150. The second-order valence-corrected chi connectivity index (χ2v) is 6.13. The van der Waals surface area contributed by atoms with Gasteiger partial charge in [-0.2, -0.15) is 9.78 Å². The van der Waals surface area contributed by atoms with E-state index in [0.717, 1.165) is 28.1 Å². The average Bonchev–Trinajstić information content (AvgIpc) is 3.14. The van der Waals surface area contributed by atoms with E-state index >= 15 is 0 Å². The molecule has 5 heteroatoms. The number of carbonyl (C=O) groups excluding carboxylic acids is 2. The predicted octanol–water partition coefficient (Wildman–Crippen LogP) is 3.30. The molecule has 0 radical (unpaired) electrons. The molecule has 1 aliphatic rings. The summed E-state index contributed by atoms with van der Waals surface area (Å²) in [5.41, 5.74) is 5.39. The normalized spacial score (nSPS) is 11.7. The van der Waals surface area contributed by atoms with Crippen LogP contribution in [-0.2, 0) is 17.6 Å². The number of aromatic nitrogens is 2. The van der Waals surface area contributed by atoms with Gasteiger partial charge in [-0.05, 0) is 17.7 Å². The van der Waals surface area contributed by atoms with E-state index in [-0.39, 0.29) is 18.2 Å². The number of fused-ring (bicyclic) bond motifs is 3. The zero-order chi connectivity index (χ0) is 17.4. The molecule has 2 aromatic carbocycles. The first-order valence-corrected chi connectivity index (χ1v) is 8.18. The van der Waals surface area contributed by atoms with Crippen molar-refractivity contribution in [1.29, 1.82) is 0 Å². The van der Waals surface area contributed by atoms with Gasteiger partial charge in [0.15, 0.2) is 0 Å². The molecule has 0 unspecified atom stereocenters. The van der Waals surface area contributed by atoms with Gasteiger partial charge in [-0.25, -0.2) is 0 Å². The maximum atomic E-state index is 12.4. The molecule has 0 saturated carbocycles. The van der Waals surface area contributed by atoms with Crippen molar-refractivity contribution in [2.45, 2.75) is 19.8 Å². The van der Waals surface area contributed by atoms with Crippen LogP contribution in [0.2, 0.25) is 0 Å². The molecule has 0 saturated heterocycles. The first kappa shape index (κ1) is 15.3. The number of hydrogen-bond acceptors (Lipinski definition) is 3. The van der Waals surface area contributed by atoms with E-state index in [1.54, 1.807) is 0 Å². The van der Waals surface area contributed by atoms with E-state index in [0.29, 0.717) is 12.1 Å². The molecule has 124 valence electrons. The third-order valence-corrected chi connectivity index (χ3v) is 4.39. The van der Waals surface area contributed by atoms with Crippen molar-refractivity contribution in [2.24, 2.45) is 0 Å². The molecule has 25 heavy (non-hydrogen) atoms. The minimum absolute atomic E-state index is 0.141. The molecule has 0 atom stereocenters. The number of rotatable bonds is 3. The summed E-state index contributed by atoms with van der Waals surface area (Å²) in [6.45, 7) is 1.49. The van der Waals surface area contributed by atoms with Crippen LogP contribution in [0.4, 0.5) is 5.69 Å². The smallest absolute Gasteiger partial charge is 0.244 e. The van der Waals surface area contributed by atoms with Gasteiger partial charge in [0, 0.05) is 30.2 Å². The summed E-state index contributed by atoms with van der Waals surface area (Å²) in [5.74, 6) is -0.291. The molecule has 4 rings (SSSR count). The molecular formula is C20H17N3O2. The van der Waals surface area contributed by atoms with Crippen LogP contribution in [0.3, 0.4) is 0 Å². The number of carbonyl (C=O) groups is 2. The maximum Gasteiger partial charge on any atom is 0.244 e. The number of amides is 1. The molecule has 1 amide bonds. The zero-order valence-corrected chi connectivity index (χ0v) is 13.8. The van der Waals surface area contributed by atoms with E-state index < -0.39 is 0 Å². The van der Waals surface area contributed by atoms with Gasteiger partial charge in [0.05, 0.1) is 17.8 Å². The Bertz CT molecular complexity index is 974. The quantitative estimate of drug-likeness (QED) is 0.626. The Morgan fingerprint density at radius 3 is 2.56 bits per heavy atom. The zero-order valence-electron chi connectivity index (χ0n) is 13.8. The van der Waals surface area contributed by atoms with Crippen molar-refractivity contribution >= 4 is 17.5 Å². The van der Waals surface area contributed by atoms with Crippen molar-refractivity contribution in [3.8, 4) is 11.3 Å². The molecular weight excluding hydrogens is 314 g/mol. The minimum Gasteiger partial charge on any atom is -0.326 e. The Morgan fingerprint density at radius 1 is 1.08 bits per heavy atom. The summed E-state index contributed by atoms with van der Waals surface area (Å²) in [6, 6.07) is 17.3. The summed E-state index contributed by atoms with van der Waals surface area (Å²) < 4.78 is 1.42. The predicted molar refractivity (Wildman–Crippen MR) is 95.5 cm³/mol. The second-order valence-electron chi connectivity index (χ2n) is 6.13. The lowest BCUT2D eigenvalue weighted by atomic mass is 10.1. The monoisotopic (exact) mass is 331 g/mol. The fourth-order valence-corrected chi connectivity index (χ4v) is 3.30. The lowest BCUT2D eigenvalue weighted by Gasteiger charge is -2.05. The molecule has 1 heterocycles. The van der Waals surface area contributed by atoms with Crippen LogP contribution in [0.5, 0.6) is 0 Å². The van der Waals surface area contributed by atoms with Gasteiger partial charge in [-0.3, -0.25) is 9.59 Å². The largest absolute Gasteiger partial charge is 0.326 e. The van der Waals surface area contributed by atoms with E-state index in [1.165, 1.54) is 11.6 Å². The molecule has 1 aliphatic carbocycles. The molecule has 1 aromatic heterocycles. The number of hydrogen-bond donors (Lipinski definition) is 1. The number of anilines is 1. The van der Waals surface area contributed by atoms with Crippen LogP contribution in [-0.4, -0.2) is 21.6 Å². The van der Waals surface area contributed by atoms with Crippen molar-refractivity contribution in [3.63, 3.8) is 0 Å². The first-order chi connectivity index (χ1) is 12.1. The Kier molecular flexibility index (Phi) is 3.69. The summed E-state index contributed by atoms with van der Waals surface area (Å²) >= 11 is 0. The fraction of sp³-hybridized carbons (Fsp3) is 0.150. The van der Waals surface area contributed by atoms with Crippen molar-refractivity contribution in [3.05, 3.63) is 71.4 Å². The number of nitrogens with one attached hydrogen (secondary N) is 1. The van der Waals surface area contributed by atoms with Crippen LogP contribution in [0.25, 0.3) is 11.3 Å². The Morgan fingerprint density at radius 2 is 1.80 bits per heavy atom. The molecule has 0 bridgehead atoms. The van der Waals surface area contributed by atoms with Crippen molar-refractivity contribution in [2.75, 3.05) is 5.32 Å². The van der Waals surface area contributed by atoms with Crippen LogP contribution >= 0.6 is 0 Å². The van der Waals surface area contributed by atoms with Gasteiger partial charge >= 0.3 is 0 Å². The summed E-state index contributed by atoms with van der Waals surface area (Å²) in [7, 11) is 0. The van der Waals surface area contributed by atoms with Crippen molar-refractivity contribution < 1.29 is 9.59 Å². The van der Waals surface area contributed by atoms with Gasteiger partial charge in [-0.15, -0.1) is 0 Å². The fourth-order valence-electron chi connectivity index (χ4n) is 3.30. The molecule has 0 spiro atoms. The third-order valence-electron chi connectivity index (χ3n) is 4.39. The highest BCUT2D eigenvalue weighted by atomic mass is 16.2. The summed E-state index contributed by atoms with van der Waals surface area (Å²) in [5, 5.41) is 7.29. The lowest BCUT2D eigenvalue weighted by molar-refractivity contribution is -0.115. The average molecular weight is 331 g/mol. The van der Waals surface area contributed by atoms with E-state index in [9.17, 15) is 9.59 Å². The summed E-state index contributed by atoms with van der Waals surface area (Å²) in [4.78, 5) is 24.4. The highest BCUT2D eigenvalue weighted by molar-refractivity contribution is 5.93. The van der Waals surface area contributed by atoms with Crippen LogP contribution in [0.15, 0.2) is 54.6 Å². The number of benzene rings is 2. The summed E-state index contributed by atoms with van der Waals surface area (Å²) in [6.07, 6.45) is 0.845. The Hall–Kier alpha value is -3.21. The van der Waals surface area contributed by atoms with E-state index in [4.69, 9.17) is 0 Å². The molecule has 0 fully saturated rings. The Labute approximate surface area is 145 Å². The molecule has 3 aromatic rings. The molecule has 5 nitrogen and oxygen atoms in total. The van der Waals surface area contributed by atoms with Gasteiger partial charge < -0.3 is 5.32 Å². The highest BCUT2D eigenvalue weighted by Crippen LogP contribution is 2.38. The van der Waals surface area contributed by atoms with Crippen molar-refractivity contribution in [1.82, 2.24) is 9.78 Å². The van der Waals surface area contributed by atoms with E-state index in [1.807, 2.05) is 54.6 Å². The van der Waals surface area contributed by atoms with Gasteiger partial charge in [0.2, 0.25) is 11.8 Å². The maximum absolute atomic E-state index is 12.4. The highest BCUT2D eigenvalue weighted by Gasteiger charge is 2.29. The second kappa shape index (κ2) is 6.02. The van der Waals surface area contributed by atoms with Gasteiger partial charge in [0.1, 0.15) is 0 Å². The molecule has 0 aliphatic heterocycles. The van der Waals surface area contributed by atoms with Crippen LogP contribution < -0.4 is 5.32 Å². The molecule has 1 N–H and O–H groups in total. The topological polar surface area (TPSA) is 64.0 Å². The SMILES string of the molecule is CC(=O)n1nc(CC(=O)Nc2ccccc2)c2c1-c1ccccc1C2. The first-order valence-electron chi connectivity index (χ1n) is 8.18. The number of para-hydroxylation sites is 1. The van der Waals surface area contributed by atoms with Crippen LogP contribution in [0.1, 0.15) is 28.5 Å². The van der Waals surface area contributed by atoms with Gasteiger partial charge in [-0.1, -0.05) is 42.5 Å². The third kappa shape index (κ3) is 2.74. The van der Waals surface area contributed by atoms with Crippen LogP contribution in [0, 0.1) is 0 Å². The number of nitrogens with zero attached hydrogens (tertiary/aromatic N) is 2. The Balaban J connectivity index is 1.66. The standard InChI is InChI=1S/C20H17N3O2/c1-13(24)23-20-16-10-6-5-7-14(16)11-17(20)18(22-23)12-19(25)21-15-8-3-2-4-9-15/h2-10H,11-12H2,1H3,(H,21,25). The van der Waals surface area contributed by atoms with Gasteiger partial charge in [0.25, 0.3) is 0 Å².